The summed E-state index contributed by atoms with van der Waals surface area (Å²) in [5.74, 6) is 0. The van der Waals surface area contributed by atoms with Gasteiger partial charge >= 0.3 is 0 Å². The average Bonchev–Trinajstić information content (AvgIpc) is 2.70. The van der Waals surface area contributed by atoms with Crippen molar-refractivity contribution in [2.24, 2.45) is 0 Å². The summed E-state index contributed by atoms with van der Waals surface area (Å²) in [7, 11) is 0. The minimum Gasteiger partial charge on any atom is -0.395 e. The maximum absolute atomic E-state index is 9.23. The summed E-state index contributed by atoms with van der Waals surface area (Å²) in [6, 6.07) is 0.924. The summed E-state index contributed by atoms with van der Waals surface area (Å²) in [6.07, 6.45) is 5.21. The summed E-state index contributed by atoms with van der Waals surface area (Å²) in [4.78, 5) is 2.55. The maximum atomic E-state index is 9.23. The summed E-state index contributed by atoms with van der Waals surface area (Å²) < 4.78 is 0. The van der Waals surface area contributed by atoms with Gasteiger partial charge < -0.3 is 10.4 Å². The first-order valence-corrected chi connectivity index (χ1v) is 5.50. The van der Waals surface area contributed by atoms with E-state index in [1.807, 2.05) is 0 Å². The van der Waals surface area contributed by atoms with Crippen LogP contribution >= 0.6 is 0 Å². The molecule has 2 N–H and O–H groups in total. The van der Waals surface area contributed by atoms with Crippen LogP contribution in [0.2, 0.25) is 0 Å². The third-order valence-corrected chi connectivity index (χ3v) is 3.35. The fraction of sp³-hybridized carbons (Fsp3) is 1.00. The quantitative estimate of drug-likeness (QED) is 0.643. The standard InChI is InChI=1S/C10H20N2O/c13-8-9-10(4-3-5-11-9)12-6-1-2-7-12/h9-11,13H,1-8H2. The van der Waals surface area contributed by atoms with Gasteiger partial charge in [-0.15, -0.1) is 0 Å². The maximum Gasteiger partial charge on any atom is 0.0599 e. The van der Waals surface area contributed by atoms with E-state index in [2.05, 4.69) is 10.2 Å². The van der Waals surface area contributed by atoms with Crippen molar-refractivity contribution in [2.45, 2.75) is 37.8 Å². The first kappa shape index (κ1) is 9.44. The van der Waals surface area contributed by atoms with Crippen LogP contribution in [0.5, 0.6) is 0 Å². The predicted molar refractivity (Wildman–Crippen MR) is 52.7 cm³/mol. The highest BCUT2D eigenvalue weighted by Crippen LogP contribution is 2.20. The number of hydrogen-bond acceptors (Lipinski definition) is 3. The van der Waals surface area contributed by atoms with Crippen molar-refractivity contribution in [3.05, 3.63) is 0 Å². The molecule has 0 amide bonds. The van der Waals surface area contributed by atoms with E-state index in [-0.39, 0.29) is 0 Å². The van der Waals surface area contributed by atoms with Gasteiger partial charge in [0.1, 0.15) is 0 Å². The first-order chi connectivity index (χ1) is 6.42. The lowest BCUT2D eigenvalue weighted by Crippen LogP contribution is -2.54. The van der Waals surface area contributed by atoms with Gasteiger partial charge in [-0.2, -0.15) is 0 Å². The highest BCUT2D eigenvalue weighted by atomic mass is 16.3. The van der Waals surface area contributed by atoms with Crippen LogP contribution in [0, 0.1) is 0 Å². The second-order valence-corrected chi connectivity index (χ2v) is 4.20. The molecule has 2 fully saturated rings. The van der Waals surface area contributed by atoms with Crippen LogP contribution in [-0.4, -0.2) is 48.3 Å². The Morgan fingerprint density at radius 2 is 2.00 bits per heavy atom. The molecule has 0 aromatic heterocycles. The fourth-order valence-corrected chi connectivity index (χ4v) is 2.63. The molecule has 2 unspecified atom stereocenters. The van der Waals surface area contributed by atoms with E-state index in [0.29, 0.717) is 18.7 Å². The van der Waals surface area contributed by atoms with E-state index in [4.69, 9.17) is 0 Å². The number of aliphatic hydroxyl groups is 1. The molecule has 3 nitrogen and oxygen atoms in total. The summed E-state index contributed by atoms with van der Waals surface area (Å²) in [5, 5.41) is 12.6. The first-order valence-electron chi connectivity index (χ1n) is 5.50. The Morgan fingerprint density at radius 3 is 2.69 bits per heavy atom. The molecular weight excluding hydrogens is 164 g/mol. The van der Waals surface area contributed by atoms with Crippen molar-refractivity contribution in [1.29, 1.82) is 0 Å². The molecule has 2 saturated heterocycles. The van der Waals surface area contributed by atoms with Crippen LogP contribution in [0.3, 0.4) is 0 Å². The van der Waals surface area contributed by atoms with E-state index >= 15 is 0 Å². The van der Waals surface area contributed by atoms with Crippen molar-refractivity contribution in [3.63, 3.8) is 0 Å². The molecule has 2 heterocycles. The van der Waals surface area contributed by atoms with E-state index < -0.39 is 0 Å². The number of nitrogens with zero attached hydrogens (tertiary/aromatic N) is 1. The van der Waals surface area contributed by atoms with Crippen LogP contribution in [0.1, 0.15) is 25.7 Å². The molecule has 0 aromatic rings. The van der Waals surface area contributed by atoms with Crippen molar-refractivity contribution in [3.8, 4) is 0 Å². The monoisotopic (exact) mass is 184 g/mol. The second kappa shape index (κ2) is 4.40. The third-order valence-electron chi connectivity index (χ3n) is 3.35. The van der Waals surface area contributed by atoms with E-state index in [1.165, 1.54) is 38.8 Å². The molecule has 2 aliphatic rings. The van der Waals surface area contributed by atoms with Crippen molar-refractivity contribution >= 4 is 0 Å². The number of piperidine rings is 1. The summed E-state index contributed by atoms with van der Waals surface area (Å²) >= 11 is 0. The fourth-order valence-electron chi connectivity index (χ4n) is 2.63. The number of aliphatic hydroxyl groups excluding tert-OH is 1. The molecule has 13 heavy (non-hydrogen) atoms. The molecule has 76 valence electrons. The smallest absolute Gasteiger partial charge is 0.0599 e. The Kier molecular flexibility index (Phi) is 3.19. The van der Waals surface area contributed by atoms with Gasteiger partial charge in [0.25, 0.3) is 0 Å². The van der Waals surface area contributed by atoms with Crippen LogP contribution in [0.15, 0.2) is 0 Å². The normalized spacial score (nSPS) is 36.7. The molecule has 2 aliphatic heterocycles. The molecule has 0 spiro atoms. The Morgan fingerprint density at radius 1 is 1.23 bits per heavy atom. The van der Waals surface area contributed by atoms with E-state index in [0.717, 1.165) is 6.54 Å². The Balaban J connectivity index is 1.93. The van der Waals surface area contributed by atoms with Gasteiger partial charge in [-0.25, -0.2) is 0 Å². The Hall–Kier alpha value is -0.120. The number of likely N-dealkylation sites (tertiary alicyclic amines) is 1. The average molecular weight is 184 g/mol. The molecule has 2 rings (SSSR count). The molecule has 0 bridgehead atoms. The minimum absolute atomic E-state index is 0.293. The highest BCUT2D eigenvalue weighted by molar-refractivity contribution is 4.89. The zero-order chi connectivity index (χ0) is 9.10. The second-order valence-electron chi connectivity index (χ2n) is 4.20. The topological polar surface area (TPSA) is 35.5 Å². The van der Waals surface area contributed by atoms with Crippen LogP contribution in [-0.2, 0) is 0 Å². The molecule has 2 atom stereocenters. The minimum atomic E-state index is 0.293. The van der Waals surface area contributed by atoms with Gasteiger partial charge in [0.05, 0.1) is 6.61 Å². The summed E-state index contributed by atoms with van der Waals surface area (Å²) in [6.45, 7) is 3.85. The van der Waals surface area contributed by atoms with Gasteiger partial charge in [-0.3, -0.25) is 4.90 Å². The number of nitrogens with one attached hydrogen (secondary N) is 1. The molecule has 0 radical (unpaired) electrons. The largest absolute Gasteiger partial charge is 0.395 e. The highest BCUT2D eigenvalue weighted by Gasteiger charge is 2.30. The molecule has 0 saturated carbocycles. The molecular formula is C10H20N2O. The van der Waals surface area contributed by atoms with Crippen molar-refractivity contribution in [1.82, 2.24) is 10.2 Å². The Labute approximate surface area is 80.1 Å². The van der Waals surface area contributed by atoms with Gasteiger partial charge in [0, 0.05) is 12.1 Å². The molecule has 0 aromatic carbocycles. The summed E-state index contributed by atoms with van der Waals surface area (Å²) in [5.41, 5.74) is 0. The van der Waals surface area contributed by atoms with Crippen LogP contribution < -0.4 is 5.32 Å². The van der Waals surface area contributed by atoms with E-state index in [1.54, 1.807) is 0 Å². The van der Waals surface area contributed by atoms with Crippen molar-refractivity contribution < 1.29 is 5.11 Å². The number of hydrogen-bond donors (Lipinski definition) is 2. The predicted octanol–water partition coefficient (Wildman–Crippen LogP) is 0.195. The molecule has 0 aliphatic carbocycles. The lowest BCUT2D eigenvalue weighted by Gasteiger charge is -2.37. The lowest BCUT2D eigenvalue weighted by molar-refractivity contribution is 0.111. The van der Waals surface area contributed by atoms with Gasteiger partial charge in [-0.05, 0) is 45.3 Å². The SMILES string of the molecule is OCC1NCCCC1N1CCCC1. The zero-order valence-electron chi connectivity index (χ0n) is 8.21. The van der Waals surface area contributed by atoms with Gasteiger partial charge in [0.15, 0.2) is 0 Å². The zero-order valence-corrected chi connectivity index (χ0v) is 8.21. The van der Waals surface area contributed by atoms with Crippen LogP contribution in [0.4, 0.5) is 0 Å². The lowest BCUT2D eigenvalue weighted by atomic mass is 9.98. The van der Waals surface area contributed by atoms with Crippen molar-refractivity contribution in [2.75, 3.05) is 26.2 Å². The molecule has 3 heteroatoms. The Bertz CT molecular complexity index is 155. The van der Waals surface area contributed by atoms with Gasteiger partial charge in [-0.1, -0.05) is 0 Å². The number of rotatable bonds is 2. The van der Waals surface area contributed by atoms with Crippen LogP contribution in [0.25, 0.3) is 0 Å². The third kappa shape index (κ3) is 2.03. The van der Waals surface area contributed by atoms with Gasteiger partial charge in [0.2, 0.25) is 0 Å². The van der Waals surface area contributed by atoms with E-state index in [9.17, 15) is 5.11 Å².